The Labute approximate surface area is 101 Å². The number of para-hydroxylation sites is 1. The molecule has 0 aliphatic heterocycles. The third-order valence-corrected chi connectivity index (χ3v) is 3.80. The SMILES string of the molecule is C[Se]/C(C)=C/c1cn(-c2ccccc2)nn1. The number of hydrogen-bond acceptors (Lipinski definition) is 2. The summed E-state index contributed by atoms with van der Waals surface area (Å²) in [6.07, 6.45) is 4.04. The van der Waals surface area contributed by atoms with E-state index in [1.807, 2.05) is 36.5 Å². The molecule has 3 nitrogen and oxygen atoms in total. The van der Waals surface area contributed by atoms with E-state index in [0.29, 0.717) is 15.0 Å². The molecule has 4 heteroatoms. The molecule has 0 saturated carbocycles. The van der Waals surface area contributed by atoms with Gasteiger partial charge in [-0.2, -0.15) is 0 Å². The van der Waals surface area contributed by atoms with Crippen LogP contribution < -0.4 is 0 Å². The average molecular weight is 278 g/mol. The zero-order chi connectivity index (χ0) is 11.4. The van der Waals surface area contributed by atoms with Gasteiger partial charge in [-0.3, -0.25) is 0 Å². The van der Waals surface area contributed by atoms with E-state index in [9.17, 15) is 0 Å². The quantitative estimate of drug-likeness (QED) is 0.807. The van der Waals surface area contributed by atoms with E-state index < -0.39 is 0 Å². The predicted octanol–water partition coefficient (Wildman–Crippen LogP) is 2.38. The second-order valence-electron chi connectivity index (χ2n) is 3.38. The van der Waals surface area contributed by atoms with Crippen LogP contribution in [0.25, 0.3) is 11.8 Å². The number of nitrogens with zero attached hydrogens (tertiary/aromatic N) is 3. The van der Waals surface area contributed by atoms with Gasteiger partial charge in [-0.25, -0.2) is 0 Å². The van der Waals surface area contributed by atoms with Gasteiger partial charge >= 0.3 is 101 Å². The first-order chi connectivity index (χ1) is 7.79. The second-order valence-corrected chi connectivity index (χ2v) is 5.59. The molecular weight excluding hydrogens is 265 g/mol. The van der Waals surface area contributed by atoms with Crippen LogP contribution in [0.15, 0.2) is 41.0 Å². The van der Waals surface area contributed by atoms with Crippen molar-refractivity contribution < 1.29 is 0 Å². The first-order valence-electron chi connectivity index (χ1n) is 4.99. The number of allylic oxidation sites excluding steroid dienone is 1. The van der Waals surface area contributed by atoms with Crippen molar-refractivity contribution in [2.24, 2.45) is 0 Å². The van der Waals surface area contributed by atoms with Gasteiger partial charge in [0.25, 0.3) is 0 Å². The van der Waals surface area contributed by atoms with Gasteiger partial charge in [0.05, 0.1) is 0 Å². The molecule has 0 radical (unpaired) electrons. The molecule has 0 spiro atoms. The van der Waals surface area contributed by atoms with Crippen LogP contribution in [-0.2, 0) is 0 Å². The van der Waals surface area contributed by atoms with Crippen molar-refractivity contribution in [2.75, 3.05) is 0 Å². The van der Waals surface area contributed by atoms with E-state index in [-0.39, 0.29) is 0 Å². The Kier molecular flexibility index (Phi) is 3.54. The summed E-state index contributed by atoms with van der Waals surface area (Å²) in [6.45, 7) is 2.13. The molecule has 0 amide bonds. The van der Waals surface area contributed by atoms with Crippen LogP contribution in [0, 0.1) is 0 Å². The zero-order valence-corrected chi connectivity index (χ0v) is 11.0. The normalized spacial score (nSPS) is 11.8. The first-order valence-corrected chi connectivity index (χ1v) is 7.56. The van der Waals surface area contributed by atoms with Crippen LogP contribution >= 0.6 is 0 Å². The fraction of sp³-hybridized carbons (Fsp3) is 0.167. The summed E-state index contributed by atoms with van der Waals surface area (Å²) in [5.41, 5.74) is 1.96. The first kappa shape index (κ1) is 11.1. The molecule has 2 rings (SSSR count). The Morgan fingerprint density at radius 2 is 2.06 bits per heavy atom. The van der Waals surface area contributed by atoms with Crippen LogP contribution in [0.5, 0.6) is 0 Å². The molecule has 0 aliphatic rings. The summed E-state index contributed by atoms with van der Waals surface area (Å²) in [5, 5.41) is 8.23. The van der Waals surface area contributed by atoms with Crippen LogP contribution in [-0.4, -0.2) is 30.0 Å². The van der Waals surface area contributed by atoms with Crippen LogP contribution in [0.2, 0.25) is 5.82 Å². The summed E-state index contributed by atoms with van der Waals surface area (Å²) in [4.78, 5) is 0. The van der Waals surface area contributed by atoms with Crippen molar-refractivity contribution in [3.8, 4) is 5.69 Å². The number of hydrogen-bond donors (Lipinski definition) is 0. The molecule has 2 aromatic rings. The molecule has 0 saturated heterocycles. The van der Waals surface area contributed by atoms with E-state index in [4.69, 9.17) is 0 Å². The Bertz CT molecular complexity index is 488. The third kappa shape index (κ3) is 2.60. The van der Waals surface area contributed by atoms with Gasteiger partial charge in [0.2, 0.25) is 0 Å². The topological polar surface area (TPSA) is 30.7 Å². The standard InChI is InChI=1S/C12H13N3Se/c1-10(16-2)8-11-9-15(14-13-11)12-6-4-3-5-7-12/h3-9H,1-2H3/b10-8+. The minimum atomic E-state index is 0.538. The van der Waals surface area contributed by atoms with E-state index in [1.54, 1.807) is 4.68 Å². The van der Waals surface area contributed by atoms with Crippen molar-refractivity contribution in [3.05, 3.63) is 46.7 Å². The molecule has 1 heterocycles. The molecule has 0 N–H and O–H groups in total. The predicted molar refractivity (Wildman–Crippen MR) is 66.6 cm³/mol. The summed E-state index contributed by atoms with van der Waals surface area (Å²) >= 11 is 0.538. The minimum absolute atomic E-state index is 0.538. The molecular formula is C12H13N3Se. The zero-order valence-electron chi connectivity index (χ0n) is 9.29. The summed E-state index contributed by atoms with van der Waals surface area (Å²) in [6, 6.07) is 10.0. The molecule has 0 unspecified atom stereocenters. The van der Waals surface area contributed by atoms with Gasteiger partial charge < -0.3 is 0 Å². The van der Waals surface area contributed by atoms with Crippen LogP contribution in [0.3, 0.4) is 0 Å². The molecule has 0 fully saturated rings. The number of benzene rings is 1. The van der Waals surface area contributed by atoms with Crippen LogP contribution in [0.1, 0.15) is 12.6 Å². The van der Waals surface area contributed by atoms with E-state index in [2.05, 4.69) is 29.1 Å². The maximum absolute atomic E-state index is 4.13. The van der Waals surface area contributed by atoms with Gasteiger partial charge in [0, 0.05) is 0 Å². The Balaban J connectivity index is 2.27. The fourth-order valence-corrected chi connectivity index (χ4v) is 1.82. The molecule has 1 aromatic heterocycles. The van der Waals surface area contributed by atoms with Crippen molar-refractivity contribution >= 4 is 21.0 Å². The molecule has 16 heavy (non-hydrogen) atoms. The van der Waals surface area contributed by atoms with Crippen LogP contribution in [0.4, 0.5) is 0 Å². The van der Waals surface area contributed by atoms with Crippen molar-refractivity contribution in [1.82, 2.24) is 15.0 Å². The van der Waals surface area contributed by atoms with Crippen molar-refractivity contribution in [3.63, 3.8) is 0 Å². The van der Waals surface area contributed by atoms with Crippen molar-refractivity contribution in [1.29, 1.82) is 0 Å². The monoisotopic (exact) mass is 279 g/mol. The molecule has 0 bridgehead atoms. The van der Waals surface area contributed by atoms with Crippen molar-refractivity contribution in [2.45, 2.75) is 12.7 Å². The molecule has 82 valence electrons. The van der Waals surface area contributed by atoms with Gasteiger partial charge in [-0.05, 0) is 0 Å². The maximum atomic E-state index is 4.13. The summed E-state index contributed by atoms with van der Waals surface area (Å²) in [7, 11) is 0. The van der Waals surface area contributed by atoms with E-state index >= 15 is 0 Å². The number of rotatable bonds is 3. The molecule has 0 atom stereocenters. The average Bonchev–Trinajstić information content (AvgIpc) is 2.78. The van der Waals surface area contributed by atoms with Gasteiger partial charge in [0.15, 0.2) is 0 Å². The van der Waals surface area contributed by atoms with E-state index in [1.165, 1.54) is 4.47 Å². The third-order valence-electron chi connectivity index (χ3n) is 2.20. The second kappa shape index (κ2) is 5.10. The number of aromatic nitrogens is 3. The Morgan fingerprint density at radius 3 is 2.75 bits per heavy atom. The molecule has 1 aromatic carbocycles. The van der Waals surface area contributed by atoms with Gasteiger partial charge in [0.1, 0.15) is 0 Å². The molecule has 0 aliphatic carbocycles. The summed E-state index contributed by atoms with van der Waals surface area (Å²) in [5.74, 6) is 2.19. The Morgan fingerprint density at radius 1 is 1.31 bits per heavy atom. The van der Waals surface area contributed by atoms with Gasteiger partial charge in [-0.1, -0.05) is 0 Å². The van der Waals surface area contributed by atoms with E-state index in [0.717, 1.165) is 11.4 Å². The Hall–Kier alpha value is -1.38. The fourth-order valence-electron chi connectivity index (χ4n) is 1.32. The van der Waals surface area contributed by atoms with Gasteiger partial charge in [-0.15, -0.1) is 0 Å². The summed E-state index contributed by atoms with van der Waals surface area (Å²) < 4.78 is 3.16.